The third kappa shape index (κ3) is 6.41. The van der Waals surface area contributed by atoms with Crippen molar-refractivity contribution >= 4 is 33.0 Å². The number of likely N-dealkylation sites (N-methyl/N-ethyl adjacent to an activating group) is 1. The number of amides is 2. The molecule has 0 saturated carbocycles. The summed E-state index contributed by atoms with van der Waals surface area (Å²) >= 11 is 0. The van der Waals surface area contributed by atoms with Crippen molar-refractivity contribution in [2.45, 2.75) is 19.4 Å². The van der Waals surface area contributed by atoms with Crippen molar-refractivity contribution < 1.29 is 22.7 Å². The minimum Gasteiger partial charge on any atom is -0.378 e. The zero-order chi connectivity index (χ0) is 21.6. The summed E-state index contributed by atoms with van der Waals surface area (Å²) in [6.45, 7) is 5.37. The molecule has 0 bridgehead atoms. The molecule has 0 aliphatic carbocycles. The fourth-order valence-corrected chi connectivity index (χ4v) is 5.39. The summed E-state index contributed by atoms with van der Waals surface area (Å²) in [5.74, 6) is -0.362. The van der Waals surface area contributed by atoms with E-state index in [1.807, 2.05) is 31.2 Å². The molecule has 2 aliphatic heterocycles. The Morgan fingerprint density at radius 1 is 1.17 bits per heavy atom. The zero-order valence-corrected chi connectivity index (χ0v) is 18.1. The summed E-state index contributed by atoms with van der Waals surface area (Å²) in [5, 5.41) is 5.72. The second kappa shape index (κ2) is 10.2. The second-order valence-electron chi connectivity index (χ2n) is 7.64. The van der Waals surface area contributed by atoms with E-state index in [9.17, 15) is 18.0 Å². The quantitative estimate of drug-likeness (QED) is 0.592. The highest BCUT2D eigenvalue weighted by molar-refractivity contribution is 7.91. The highest BCUT2D eigenvalue weighted by atomic mass is 32.2. The van der Waals surface area contributed by atoms with Crippen LogP contribution in [0, 0.1) is 0 Å². The van der Waals surface area contributed by atoms with Crippen molar-refractivity contribution in [3.8, 4) is 0 Å². The Morgan fingerprint density at radius 2 is 1.87 bits per heavy atom. The summed E-state index contributed by atoms with van der Waals surface area (Å²) in [6, 6.07) is 7.32. The predicted molar refractivity (Wildman–Crippen MR) is 115 cm³/mol. The Labute approximate surface area is 177 Å². The molecule has 10 heteroatoms. The van der Waals surface area contributed by atoms with Crippen LogP contribution in [-0.4, -0.2) is 88.6 Å². The summed E-state index contributed by atoms with van der Waals surface area (Å²) in [4.78, 5) is 28.8. The number of sulfone groups is 1. The van der Waals surface area contributed by atoms with E-state index in [0.717, 1.165) is 24.5 Å². The molecular weight excluding hydrogens is 408 g/mol. The summed E-state index contributed by atoms with van der Waals surface area (Å²) in [7, 11) is -3.05. The third-order valence-corrected chi connectivity index (χ3v) is 7.08. The van der Waals surface area contributed by atoms with E-state index in [4.69, 9.17) is 4.74 Å². The molecule has 2 fully saturated rings. The predicted octanol–water partition coefficient (Wildman–Crippen LogP) is 0.0869. The first-order chi connectivity index (χ1) is 14.4. The molecule has 166 valence electrons. The van der Waals surface area contributed by atoms with Gasteiger partial charge in [-0.1, -0.05) is 19.1 Å². The van der Waals surface area contributed by atoms with Gasteiger partial charge in [-0.05, 0) is 25.1 Å². The van der Waals surface area contributed by atoms with Crippen LogP contribution in [0.1, 0.15) is 13.3 Å². The Morgan fingerprint density at radius 3 is 2.53 bits per heavy atom. The van der Waals surface area contributed by atoms with Crippen molar-refractivity contribution in [3.63, 3.8) is 0 Å². The zero-order valence-electron chi connectivity index (χ0n) is 17.3. The number of hydrogen-bond acceptors (Lipinski definition) is 7. The van der Waals surface area contributed by atoms with Crippen LogP contribution in [0.15, 0.2) is 24.3 Å². The normalized spacial score (nSPS) is 20.9. The number of rotatable bonds is 8. The minimum absolute atomic E-state index is 0.0102. The molecule has 0 aromatic heterocycles. The van der Waals surface area contributed by atoms with Gasteiger partial charge in [-0.3, -0.25) is 14.5 Å². The number of benzene rings is 1. The lowest BCUT2D eigenvalue weighted by atomic mass is 10.2. The molecule has 2 N–H and O–H groups in total. The van der Waals surface area contributed by atoms with Gasteiger partial charge in [0.15, 0.2) is 9.84 Å². The van der Waals surface area contributed by atoms with Crippen molar-refractivity contribution in [3.05, 3.63) is 24.3 Å². The van der Waals surface area contributed by atoms with Crippen LogP contribution in [0.4, 0.5) is 11.4 Å². The van der Waals surface area contributed by atoms with E-state index < -0.39 is 9.84 Å². The maximum atomic E-state index is 12.6. The molecule has 30 heavy (non-hydrogen) atoms. The van der Waals surface area contributed by atoms with Crippen molar-refractivity contribution in [2.24, 2.45) is 0 Å². The Hall–Kier alpha value is -2.17. The highest BCUT2D eigenvalue weighted by Crippen LogP contribution is 2.26. The van der Waals surface area contributed by atoms with Crippen molar-refractivity contribution in [1.29, 1.82) is 0 Å². The lowest BCUT2D eigenvalue weighted by Crippen LogP contribution is -2.44. The molecule has 2 amide bonds. The van der Waals surface area contributed by atoms with Gasteiger partial charge in [0.2, 0.25) is 11.8 Å². The second-order valence-corrected chi connectivity index (χ2v) is 9.86. The van der Waals surface area contributed by atoms with Crippen LogP contribution in [0.25, 0.3) is 0 Å². The van der Waals surface area contributed by atoms with E-state index in [1.54, 1.807) is 4.90 Å². The van der Waals surface area contributed by atoms with Crippen LogP contribution in [0.5, 0.6) is 0 Å². The van der Waals surface area contributed by atoms with E-state index in [1.165, 1.54) is 0 Å². The first-order valence-electron chi connectivity index (χ1n) is 10.3. The fraction of sp³-hybridized carbons (Fsp3) is 0.600. The molecule has 0 radical (unpaired) electrons. The molecule has 2 heterocycles. The topological polar surface area (TPSA) is 108 Å². The summed E-state index contributed by atoms with van der Waals surface area (Å²) in [6.07, 6.45) is 0.443. The lowest BCUT2D eigenvalue weighted by Gasteiger charge is -2.30. The molecular formula is C20H30N4O5S. The Kier molecular flexibility index (Phi) is 7.68. The first-order valence-corrected chi connectivity index (χ1v) is 12.1. The smallest absolute Gasteiger partial charge is 0.238 e. The Balaban J connectivity index is 1.52. The van der Waals surface area contributed by atoms with Crippen molar-refractivity contribution in [2.75, 3.05) is 67.7 Å². The maximum Gasteiger partial charge on any atom is 0.238 e. The fourth-order valence-electron chi connectivity index (χ4n) is 3.72. The van der Waals surface area contributed by atoms with E-state index in [2.05, 4.69) is 15.5 Å². The number of carbonyl (C=O) groups is 2. The molecule has 2 saturated heterocycles. The number of nitrogens with one attached hydrogen (secondary N) is 2. The van der Waals surface area contributed by atoms with Gasteiger partial charge in [0.1, 0.15) is 0 Å². The van der Waals surface area contributed by atoms with Crippen LogP contribution in [0.3, 0.4) is 0 Å². The number of nitrogens with zero attached hydrogens (tertiary/aromatic N) is 2. The Bertz CT molecular complexity index is 855. The van der Waals surface area contributed by atoms with Gasteiger partial charge in [-0.2, -0.15) is 0 Å². The average Bonchev–Trinajstić information content (AvgIpc) is 3.06. The molecule has 2 aliphatic rings. The molecule has 9 nitrogen and oxygen atoms in total. The average molecular weight is 439 g/mol. The van der Waals surface area contributed by atoms with Gasteiger partial charge in [0.05, 0.1) is 49.2 Å². The molecule has 1 aromatic carbocycles. The number of carbonyl (C=O) groups excluding carboxylic acids is 2. The van der Waals surface area contributed by atoms with Gasteiger partial charge < -0.3 is 20.3 Å². The molecule has 1 aromatic rings. The van der Waals surface area contributed by atoms with Crippen LogP contribution in [-0.2, 0) is 24.2 Å². The molecule has 3 rings (SSSR count). The number of ether oxygens (including phenoxy) is 1. The van der Waals surface area contributed by atoms with Gasteiger partial charge in [0.25, 0.3) is 0 Å². The van der Waals surface area contributed by atoms with Crippen LogP contribution < -0.4 is 15.5 Å². The molecule has 1 atom stereocenters. The lowest BCUT2D eigenvalue weighted by molar-refractivity contribution is -0.123. The first kappa shape index (κ1) is 22.5. The third-order valence-electron chi connectivity index (χ3n) is 5.31. The SMILES string of the molecule is CCN(CC(=O)Nc1ccccc1N1CCOCC1)CC(=O)N[C@H]1CCS(=O)(=O)C1. The van der Waals surface area contributed by atoms with E-state index in [0.29, 0.717) is 26.2 Å². The summed E-state index contributed by atoms with van der Waals surface area (Å²) in [5.41, 5.74) is 1.69. The monoisotopic (exact) mass is 438 g/mol. The van der Waals surface area contributed by atoms with Crippen LogP contribution >= 0.6 is 0 Å². The van der Waals surface area contributed by atoms with Crippen molar-refractivity contribution in [1.82, 2.24) is 10.2 Å². The number of anilines is 2. The highest BCUT2D eigenvalue weighted by Gasteiger charge is 2.29. The largest absolute Gasteiger partial charge is 0.378 e. The van der Waals surface area contributed by atoms with E-state index in [-0.39, 0.29) is 42.5 Å². The minimum atomic E-state index is -3.05. The van der Waals surface area contributed by atoms with Gasteiger partial charge in [0, 0.05) is 19.1 Å². The summed E-state index contributed by atoms with van der Waals surface area (Å²) < 4.78 is 28.5. The maximum absolute atomic E-state index is 12.6. The number of para-hydroxylation sites is 2. The number of hydrogen-bond donors (Lipinski definition) is 2. The van der Waals surface area contributed by atoms with E-state index >= 15 is 0 Å². The van der Waals surface area contributed by atoms with Gasteiger partial charge in [-0.15, -0.1) is 0 Å². The number of morpholine rings is 1. The molecule has 0 unspecified atom stereocenters. The standard InChI is InChI=1S/C20H30N4O5S/c1-2-23(13-19(25)21-16-7-12-30(27,28)15-16)14-20(26)22-17-5-3-4-6-18(17)24-8-10-29-11-9-24/h3-6,16H,2,7-15H2,1H3,(H,21,25)(H,22,26)/t16-/m0/s1. The molecule has 0 spiro atoms. The van der Waals surface area contributed by atoms with Gasteiger partial charge in [-0.25, -0.2) is 8.42 Å². The van der Waals surface area contributed by atoms with Gasteiger partial charge >= 0.3 is 0 Å². The van der Waals surface area contributed by atoms with Crippen LogP contribution in [0.2, 0.25) is 0 Å².